The second-order valence-electron chi connectivity index (χ2n) is 2.51. The summed E-state index contributed by atoms with van der Waals surface area (Å²) in [6.45, 7) is 0.739. The Hall–Kier alpha value is -0.0900. The lowest BCUT2D eigenvalue weighted by molar-refractivity contribution is -0.140. The van der Waals surface area contributed by atoms with Gasteiger partial charge in [0.25, 0.3) is 0 Å². The highest BCUT2D eigenvalue weighted by Crippen LogP contribution is 2.12. The Morgan fingerprint density at radius 1 is 1.50 bits per heavy atom. The fourth-order valence-electron chi connectivity index (χ4n) is 0.815. The van der Waals surface area contributed by atoms with Crippen molar-refractivity contribution in [2.75, 3.05) is 20.8 Å². The van der Waals surface area contributed by atoms with Crippen LogP contribution in [0, 0.1) is 0 Å². The number of alkyl halides is 1. The van der Waals surface area contributed by atoms with Crippen molar-refractivity contribution < 1.29 is 14.3 Å². The number of ether oxygens (including phenoxy) is 2. The van der Waals surface area contributed by atoms with Gasteiger partial charge < -0.3 is 9.47 Å². The Balaban J connectivity index is 3.32. The summed E-state index contributed by atoms with van der Waals surface area (Å²) < 4.78 is 9.41. The van der Waals surface area contributed by atoms with Gasteiger partial charge in [0.05, 0.1) is 13.5 Å². The molecule has 0 aromatic rings. The molecule has 0 aromatic heterocycles. The van der Waals surface area contributed by atoms with E-state index in [1.165, 1.54) is 7.11 Å². The van der Waals surface area contributed by atoms with E-state index in [1.54, 1.807) is 7.11 Å². The molecule has 0 N–H and O–H groups in total. The van der Waals surface area contributed by atoms with E-state index in [0.717, 1.165) is 19.4 Å². The largest absolute Gasteiger partial charge is 0.469 e. The minimum Gasteiger partial charge on any atom is -0.469 e. The zero-order valence-corrected chi connectivity index (χ0v) is 9.09. The van der Waals surface area contributed by atoms with E-state index in [-0.39, 0.29) is 10.8 Å². The Morgan fingerprint density at radius 3 is 2.67 bits per heavy atom. The fourth-order valence-corrected chi connectivity index (χ4v) is 1.40. The number of halogens is 1. The van der Waals surface area contributed by atoms with Gasteiger partial charge in [0.2, 0.25) is 0 Å². The zero-order chi connectivity index (χ0) is 9.40. The van der Waals surface area contributed by atoms with E-state index < -0.39 is 0 Å². The van der Waals surface area contributed by atoms with Gasteiger partial charge in [0, 0.05) is 18.5 Å². The summed E-state index contributed by atoms with van der Waals surface area (Å²) in [6, 6.07) is 0. The van der Waals surface area contributed by atoms with Crippen LogP contribution < -0.4 is 0 Å². The van der Waals surface area contributed by atoms with Gasteiger partial charge in [-0.1, -0.05) is 15.9 Å². The summed E-state index contributed by atoms with van der Waals surface area (Å²) >= 11 is 3.39. The molecular weight excluding hydrogens is 224 g/mol. The average molecular weight is 239 g/mol. The van der Waals surface area contributed by atoms with Crippen LogP contribution in [-0.4, -0.2) is 31.6 Å². The molecule has 0 aliphatic rings. The lowest BCUT2D eigenvalue weighted by Crippen LogP contribution is -2.09. The Kier molecular flexibility index (Phi) is 7.50. The molecule has 72 valence electrons. The highest BCUT2D eigenvalue weighted by molar-refractivity contribution is 9.09. The molecule has 12 heavy (non-hydrogen) atoms. The lowest BCUT2D eigenvalue weighted by atomic mass is 10.2. The molecule has 0 radical (unpaired) electrons. The van der Waals surface area contributed by atoms with E-state index in [0.29, 0.717) is 6.42 Å². The van der Waals surface area contributed by atoms with E-state index in [4.69, 9.17) is 4.74 Å². The van der Waals surface area contributed by atoms with Crippen molar-refractivity contribution in [1.29, 1.82) is 0 Å². The molecule has 0 amide bonds. The molecule has 3 nitrogen and oxygen atoms in total. The van der Waals surface area contributed by atoms with Crippen LogP contribution in [0.5, 0.6) is 0 Å². The standard InChI is InChI=1S/C8H15BrO3/c1-11-5-3-4-7(9)6-8(10)12-2/h7H,3-6H2,1-2H3. The molecule has 0 heterocycles. The first-order valence-electron chi connectivity index (χ1n) is 3.90. The summed E-state index contributed by atoms with van der Waals surface area (Å²) in [7, 11) is 3.07. The van der Waals surface area contributed by atoms with E-state index in [9.17, 15) is 4.79 Å². The summed E-state index contributed by atoms with van der Waals surface area (Å²) in [5, 5.41) is 0. The Labute approximate surface area is 81.6 Å². The van der Waals surface area contributed by atoms with Crippen molar-refractivity contribution in [2.24, 2.45) is 0 Å². The number of carbonyl (C=O) groups is 1. The van der Waals surface area contributed by atoms with Crippen molar-refractivity contribution in [3.8, 4) is 0 Å². The Morgan fingerprint density at radius 2 is 2.17 bits per heavy atom. The second-order valence-corrected chi connectivity index (χ2v) is 3.81. The van der Waals surface area contributed by atoms with Crippen molar-refractivity contribution in [3.63, 3.8) is 0 Å². The molecule has 0 rings (SSSR count). The number of hydrogen-bond donors (Lipinski definition) is 0. The first-order valence-corrected chi connectivity index (χ1v) is 4.82. The van der Waals surface area contributed by atoms with Gasteiger partial charge >= 0.3 is 5.97 Å². The maximum absolute atomic E-state index is 10.8. The van der Waals surface area contributed by atoms with Gasteiger partial charge in [-0.25, -0.2) is 0 Å². The quantitative estimate of drug-likeness (QED) is 0.402. The summed E-state index contributed by atoms with van der Waals surface area (Å²) in [6.07, 6.45) is 2.33. The van der Waals surface area contributed by atoms with Crippen LogP contribution >= 0.6 is 15.9 Å². The number of carbonyl (C=O) groups excluding carboxylic acids is 1. The fraction of sp³-hybridized carbons (Fsp3) is 0.875. The van der Waals surface area contributed by atoms with Crippen LogP contribution in [0.25, 0.3) is 0 Å². The van der Waals surface area contributed by atoms with Gasteiger partial charge in [0.1, 0.15) is 0 Å². The van der Waals surface area contributed by atoms with Crippen LogP contribution in [0.1, 0.15) is 19.3 Å². The third-order valence-electron chi connectivity index (χ3n) is 1.48. The van der Waals surface area contributed by atoms with Gasteiger partial charge in [0.15, 0.2) is 0 Å². The van der Waals surface area contributed by atoms with Crippen LogP contribution in [0.3, 0.4) is 0 Å². The van der Waals surface area contributed by atoms with Crippen molar-refractivity contribution >= 4 is 21.9 Å². The van der Waals surface area contributed by atoms with E-state index in [2.05, 4.69) is 20.7 Å². The molecule has 0 aliphatic carbocycles. The number of rotatable bonds is 6. The molecular formula is C8H15BrO3. The van der Waals surface area contributed by atoms with Crippen molar-refractivity contribution in [2.45, 2.75) is 24.1 Å². The molecule has 0 bridgehead atoms. The average Bonchev–Trinajstić information content (AvgIpc) is 2.05. The topological polar surface area (TPSA) is 35.5 Å². The normalized spacial score (nSPS) is 12.6. The zero-order valence-electron chi connectivity index (χ0n) is 7.51. The highest BCUT2D eigenvalue weighted by atomic mass is 79.9. The summed E-state index contributed by atoms with van der Waals surface area (Å²) in [5.41, 5.74) is 0. The van der Waals surface area contributed by atoms with Gasteiger partial charge in [-0.15, -0.1) is 0 Å². The van der Waals surface area contributed by atoms with Gasteiger partial charge in [-0.05, 0) is 12.8 Å². The maximum atomic E-state index is 10.8. The number of hydrogen-bond acceptors (Lipinski definition) is 3. The van der Waals surface area contributed by atoms with Gasteiger partial charge in [-0.2, -0.15) is 0 Å². The first-order chi connectivity index (χ1) is 5.70. The molecule has 0 spiro atoms. The first kappa shape index (κ1) is 11.9. The summed E-state index contributed by atoms with van der Waals surface area (Å²) in [5.74, 6) is -0.172. The van der Waals surface area contributed by atoms with Gasteiger partial charge in [-0.3, -0.25) is 4.79 Å². The Bertz CT molecular complexity index is 127. The molecule has 0 aromatic carbocycles. The predicted molar refractivity (Wildman–Crippen MR) is 50.5 cm³/mol. The second kappa shape index (κ2) is 7.55. The molecule has 0 saturated carbocycles. The number of methoxy groups -OCH3 is 2. The third kappa shape index (κ3) is 6.61. The minimum atomic E-state index is -0.172. The van der Waals surface area contributed by atoms with Crippen LogP contribution in [0.2, 0.25) is 0 Å². The molecule has 0 aliphatic heterocycles. The molecule has 1 atom stereocenters. The smallest absolute Gasteiger partial charge is 0.306 e. The SMILES string of the molecule is COCCCC(Br)CC(=O)OC. The molecule has 1 unspecified atom stereocenters. The lowest BCUT2D eigenvalue weighted by Gasteiger charge is -2.06. The third-order valence-corrected chi connectivity index (χ3v) is 2.26. The van der Waals surface area contributed by atoms with E-state index >= 15 is 0 Å². The monoisotopic (exact) mass is 238 g/mol. The molecule has 0 fully saturated rings. The highest BCUT2D eigenvalue weighted by Gasteiger charge is 2.09. The van der Waals surface area contributed by atoms with Crippen molar-refractivity contribution in [3.05, 3.63) is 0 Å². The molecule has 4 heteroatoms. The summed E-state index contributed by atoms with van der Waals surface area (Å²) in [4.78, 5) is 11.0. The predicted octanol–water partition coefficient (Wildman–Crippen LogP) is 1.74. The maximum Gasteiger partial charge on any atom is 0.306 e. The van der Waals surface area contributed by atoms with Crippen LogP contribution in [0.15, 0.2) is 0 Å². The minimum absolute atomic E-state index is 0.172. The molecule has 0 saturated heterocycles. The van der Waals surface area contributed by atoms with Crippen molar-refractivity contribution in [1.82, 2.24) is 0 Å². The van der Waals surface area contributed by atoms with E-state index in [1.807, 2.05) is 0 Å². The number of esters is 1. The van der Waals surface area contributed by atoms with Crippen LogP contribution in [-0.2, 0) is 14.3 Å². The van der Waals surface area contributed by atoms with Crippen LogP contribution in [0.4, 0.5) is 0 Å².